The van der Waals surface area contributed by atoms with Crippen LogP contribution in [0.2, 0.25) is 0 Å². The molecular formula is C16H25BrO2. The van der Waals surface area contributed by atoms with Crippen molar-refractivity contribution >= 4 is 15.9 Å². The molecule has 0 fully saturated rings. The molecular weight excluding hydrogens is 304 g/mol. The van der Waals surface area contributed by atoms with E-state index in [1.54, 1.807) is 7.11 Å². The summed E-state index contributed by atoms with van der Waals surface area (Å²) in [6.45, 7) is 2.23. The van der Waals surface area contributed by atoms with Gasteiger partial charge in [-0.05, 0) is 24.1 Å². The largest absolute Gasteiger partial charge is 0.497 e. The zero-order valence-corrected chi connectivity index (χ0v) is 13.6. The molecule has 0 spiro atoms. The molecule has 0 amide bonds. The monoisotopic (exact) mass is 328 g/mol. The first-order chi connectivity index (χ1) is 9.19. The maximum Gasteiger partial charge on any atom is 0.120 e. The fourth-order valence-electron chi connectivity index (χ4n) is 2.18. The lowest BCUT2D eigenvalue weighted by molar-refractivity contribution is 0.162. The molecule has 1 N–H and O–H groups in total. The quantitative estimate of drug-likeness (QED) is 0.628. The van der Waals surface area contributed by atoms with Gasteiger partial charge in [-0.3, -0.25) is 0 Å². The molecule has 2 nitrogen and oxygen atoms in total. The number of hydrogen-bond donors (Lipinski definition) is 1. The number of hydrogen-bond acceptors (Lipinski definition) is 2. The van der Waals surface area contributed by atoms with E-state index in [0.29, 0.717) is 0 Å². The molecule has 19 heavy (non-hydrogen) atoms. The van der Waals surface area contributed by atoms with Crippen molar-refractivity contribution in [1.29, 1.82) is 0 Å². The van der Waals surface area contributed by atoms with Crippen molar-refractivity contribution < 1.29 is 9.84 Å². The van der Waals surface area contributed by atoms with Gasteiger partial charge in [0, 0.05) is 4.47 Å². The maximum absolute atomic E-state index is 10.2. The Morgan fingerprint density at radius 3 is 2.47 bits per heavy atom. The van der Waals surface area contributed by atoms with E-state index in [0.717, 1.165) is 28.6 Å². The molecule has 0 aliphatic heterocycles. The Labute approximate surface area is 125 Å². The van der Waals surface area contributed by atoms with Crippen LogP contribution >= 0.6 is 15.9 Å². The highest BCUT2D eigenvalue weighted by Gasteiger charge is 2.11. The van der Waals surface area contributed by atoms with Gasteiger partial charge in [0.15, 0.2) is 0 Å². The molecule has 0 aliphatic carbocycles. The number of unbranched alkanes of at least 4 members (excludes halogenated alkanes) is 5. The van der Waals surface area contributed by atoms with Crippen LogP contribution < -0.4 is 4.74 Å². The molecule has 1 aromatic rings. The summed E-state index contributed by atoms with van der Waals surface area (Å²) in [6, 6.07) is 5.73. The Hall–Kier alpha value is -0.540. The number of methoxy groups -OCH3 is 1. The molecule has 1 atom stereocenters. The van der Waals surface area contributed by atoms with Crippen molar-refractivity contribution in [2.75, 3.05) is 7.11 Å². The van der Waals surface area contributed by atoms with Crippen LogP contribution in [0.5, 0.6) is 5.75 Å². The topological polar surface area (TPSA) is 29.5 Å². The van der Waals surface area contributed by atoms with Gasteiger partial charge in [0.25, 0.3) is 0 Å². The average molecular weight is 329 g/mol. The van der Waals surface area contributed by atoms with Crippen LogP contribution in [0, 0.1) is 0 Å². The molecule has 0 heterocycles. The van der Waals surface area contributed by atoms with E-state index in [4.69, 9.17) is 4.74 Å². The van der Waals surface area contributed by atoms with Gasteiger partial charge < -0.3 is 9.84 Å². The minimum absolute atomic E-state index is 0.383. The number of aliphatic hydroxyl groups is 1. The second-order valence-electron chi connectivity index (χ2n) is 4.96. The minimum Gasteiger partial charge on any atom is -0.497 e. The fourth-order valence-corrected chi connectivity index (χ4v) is 2.80. The van der Waals surface area contributed by atoms with Gasteiger partial charge in [0.05, 0.1) is 13.2 Å². The molecule has 0 aromatic heterocycles. The lowest BCUT2D eigenvalue weighted by Gasteiger charge is -2.13. The van der Waals surface area contributed by atoms with Crippen LogP contribution in [-0.4, -0.2) is 12.2 Å². The summed E-state index contributed by atoms with van der Waals surface area (Å²) in [5.74, 6) is 0.808. The number of aliphatic hydroxyl groups excluding tert-OH is 1. The van der Waals surface area contributed by atoms with Crippen molar-refractivity contribution in [3.05, 3.63) is 28.2 Å². The van der Waals surface area contributed by atoms with E-state index in [-0.39, 0.29) is 6.10 Å². The van der Waals surface area contributed by atoms with Crippen LogP contribution in [0.25, 0.3) is 0 Å². The summed E-state index contributed by atoms with van der Waals surface area (Å²) in [6.07, 6.45) is 7.95. The van der Waals surface area contributed by atoms with Crippen molar-refractivity contribution in [3.8, 4) is 5.75 Å². The van der Waals surface area contributed by atoms with Crippen LogP contribution in [0.4, 0.5) is 0 Å². The smallest absolute Gasteiger partial charge is 0.120 e. The molecule has 0 saturated carbocycles. The summed E-state index contributed by atoms with van der Waals surface area (Å²) >= 11 is 3.49. The zero-order chi connectivity index (χ0) is 14.1. The van der Waals surface area contributed by atoms with Gasteiger partial charge in [-0.1, -0.05) is 67.4 Å². The SMILES string of the molecule is CCCCCCCCC(O)c1ccc(OC)cc1Br. The standard InChI is InChI=1S/C16H25BrO2/c1-3-4-5-6-7-8-9-16(18)14-11-10-13(19-2)12-15(14)17/h10-12,16,18H,3-9H2,1-2H3. The Morgan fingerprint density at radius 1 is 1.16 bits per heavy atom. The van der Waals surface area contributed by atoms with Gasteiger partial charge in [0.2, 0.25) is 0 Å². The van der Waals surface area contributed by atoms with E-state index in [2.05, 4.69) is 22.9 Å². The first-order valence-electron chi connectivity index (χ1n) is 7.20. The van der Waals surface area contributed by atoms with Crippen LogP contribution in [0.15, 0.2) is 22.7 Å². The van der Waals surface area contributed by atoms with Gasteiger partial charge in [-0.25, -0.2) is 0 Å². The van der Waals surface area contributed by atoms with E-state index in [9.17, 15) is 5.11 Å². The van der Waals surface area contributed by atoms with Crippen molar-refractivity contribution in [2.45, 2.75) is 58.0 Å². The summed E-state index contributed by atoms with van der Waals surface area (Å²) < 4.78 is 6.08. The lowest BCUT2D eigenvalue weighted by atomic mass is 10.0. The minimum atomic E-state index is -0.383. The average Bonchev–Trinajstić information content (AvgIpc) is 2.42. The molecule has 0 radical (unpaired) electrons. The maximum atomic E-state index is 10.2. The first-order valence-corrected chi connectivity index (χ1v) is 7.99. The highest BCUT2D eigenvalue weighted by Crippen LogP contribution is 2.30. The predicted molar refractivity (Wildman–Crippen MR) is 83.6 cm³/mol. The molecule has 3 heteroatoms. The Kier molecular flexibility index (Phi) is 8.15. The van der Waals surface area contributed by atoms with E-state index in [1.807, 2.05) is 18.2 Å². The number of rotatable bonds is 9. The summed E-state index contributed by atoms with van der Waals surface area (Å²) in [4.78, 5) is 0. The summed E-state index contributed by atoms with van der Waals surface area (Å²) in [5.41, 5.74) is 0.953. The Bertz CT molecular complexity index is 366. The van der Waals surface area contributed by atoms with Crippen molar-refractivity contribution in [1.82, 2.24) is 0 Å². The van der Waals surface area contributed by atoms with E-state index < -0.39 is 0 Å². The molecule has 0 saturated heterocycles. The third-order valence-electron chi connectivity index (χ3n) is 3.40. The molecule has 0 bridgehead atoms. The molecule has 1 rings (SSSR count). The number of halogens is 1. The normalized spacial score (nSPS) is 12.4. The molecule has 0 aliphatic rings. The van der Waals surface area contributed by atoms with E-state index in [1.165, 1.54) is 32.1 Å². The van der Waals surface area contributed by atoms with Gasteiger partial charge in [-0.15, -0.1) is 0 Å². The second-order valence-corrected chi connectivity index (χ2v) is 5.81. The van der Waals surface area contributed by atoms with Crippen LogP contribution in [-0.2, 0) is 0 Å². The van der Waals surface area contributed by atoms with Crippen LogP contribution in [0.1, 0.15) is 63.5 Å². The molecule has 108 valence electrons. The van der Waals surface area contributed by atoms with Crippen molar-refractivity contribution in [2.24, 2.45) is 0 Å². The Morgan fingerprint density at radius 2 is 1.84 bits per heavy atom. The third kappa shape index (κ3) is 5.96. The summed E-state index contributed by atoms with van der Waals surface area (Å²) in [5, 5.41) is 10.2. The molecule has 1 unspecified atom stereocenters. The Balaban J connectivity index is 2.34. The number of ether oxygens (including phenoxy) is 1. The van der Waals surface area contributed by atoms with Gasteiger partial charge in [0.1, 0.15) is 5.75 Å². The van der Waals surface area contributed by atoms with Gasteiger partial charge in [-0.2, -0.15) is 0 Å². The number of benzene rings is 1. The highest BCUT2D eigenvalue weighted by molar-refractivity contribution is 9.10. The lowest BCUT2D eigenvalue weighted by Crippen LogP contribution is -1.99. The predicted octanol–water partition coefficient (Wildman–Crippen LogP) is 5.24. The molecule has 1 aromatic carbocycles. The first kappa shape index (κ1) is 16.5. The fraction of sp³-hybridized carbons (Fsp3) is 0.625. The second kappa shape index (κ2) is 9.38. The summed E-state index contributed by atoms with van der Waals surface area (Å²) in [7, 11) is 1.65. The zero-order valence-electron chi connectivity index (χ0n) is 12.0. The van der Waals surface area contributed by atoms with Gasteiger partial charge >= 0.3 is 0 Å². The highest BCUT2D eigenvalue weighted by atomic mass is 79.9. The van der Waals surface area contributed by atoms with E-state index >= 15 is 0 Å². The third-order valence-corrected chi connectivity index (χ3v) is 4.08. The van der Waals surface area contributed by atoms with Crippen LogP contribution in [0.3, 0.4) is 0 Å². The van der Waals surface area contributed by atoms with Crippen molar-refractivity contribution in [3.63, 3.8) is 0 Å².